The van der Waals surface area contributed by atoms with Gasteiger partial charge in [0.1, 0.15) is 5.75 Å². The first-order chi connectivity index (χ1) is 9.36. The summed E-state index contributed by atoms with van der Waals surface area (Å²) in [6.07, 6.45) is 2.23. The van der Waals surface area contributed by atoms with Crippen LogP contribution in [-0.4, -0.2) is 19.6 Å². The molecule has 1 aromatic carbocycles. The van der Waals surface area contributed by atoms with Gasteiger partial charge in [-0.2, -0.15) is 0 Å². The highest BCUT2D eigenvalue weighted by molar-refractivity contribution is 9.10. The van der Waals surface area contributed by atoms with Crippen LogP contribution < -0.4 is 15.8 Å². The highest BCUT2D eigenvalue weighted by atomic mass is 79.9. The molecule has 0 unspecified atom stereocenters. The SMILES string of the molecule is COc1cc(Br)cc(NC(=O)CCC(C)(C)CCN)c1. The topological polar surface area (TPSA) is 64.3 Å². The van der Waals surface area contributed by atoms with Crippen LogP contribution in [0.25, 0.3) is 0 Å². The Bertz CT molecular complexity index is 461. The fourth-order valence-corrected chi connectivity index (χ4v) is 2.42. The van der Waals surface area contributed by atoms with Crippen molar-refractivity contribution in [3.05, 3.63) is 22.7 Å². The number of hydrogen-bond donors (Lipinski definition) is 2. The van der Waals surface area contributed by atoms with Crippen molar-refractivity contribution in [2.75, 3.05) is 19.0 Å². The first-order valence-electron chi connectivity index (χ1n) is 6.71. The third-order valence-corrected chi connectivity index (χ3v) is 3.70. The van der Waals surface area contributed by atoms with E-state index < -0.39 is 0 Å². The lowest BCUT2D eigenvalue weighted by Crippen LogP contribution is -2.20. The number of benzene rings is 1. The number of carbonyl (C=O) groups is 1. The summed E-state index contributed by atoms with van der Waals surface area (Å²) in [4.78, 5) is 12.0. The van der Waals surface area contributed by atoms with Crippen molar-refractivity contribution in [3.63, 3.8) is 0 Å². The molecule has 1 amide bonds. The number of carbonyl (C=O) groups excluding carboxylic acids is 1. The van der Waals surface area contributed by atoms with E-state index in [0.717, 1.165) is 23.0 Å². The van der Waals surface area contributed by atoms with E-state index in [1.165, 1.54) is 0 Å². The van der Waals surface area contributed by atoms with Gasteiger partial charge >= 0.3 is 0 Å². The molecule has 112 valence electrons. The summed E-state index contributed by atoms with van der Waals surface area (Å²) in [5.74, 6) is 0.716. The van der Waals surface area contributed by atoms with Crippen LogP contribution in [0.15, 0.2) is 22.7 Å². The standard InChI is InChI=1S/C15H23BrN2O2/c1-15(2,6-7-17)5-4-14(19)18-12-8-11(16)9-13(10-12)20-3/h8-10H,4-7,17H2,1-3H3,(H,18,19). The molecule has 3 N–H and O–H groups in total. The molecule has 0 radical (unpaired) electrons. The maximum atomic E-state index is 12.0. The normalized spacial score (nSPS) is 11.2. The molecule has 0 heterocycles. The quantitative estimate of drug-likeness (QED) is 0.796. The molecule has 1 rings (SSSR count). The van der Waals surface area contributed by atoms with Crippen molar-refractivity contribution in [2.24, 2.45) is 11.1 Å². The molecule has 0 aromatic heterocycles. The first-order valence-corrected chi connectivity index (χ1v) is 7.50. The van der Waals surface area contributed by atoms with Crippen molar-refractivity contribution in [3.8, 4) is 5.75 Å². The summed E-state index contributed by atoms with van der Waals surface area (Å²) >= 11 is 3.39. The molecule has 1 aromatic rings. The van der Waals surface area contributed by atoms with E-state index in [2.05, 4.69) is 35.1 Å². The zero-order valence-corrected chi connectivity index (χ0v) is 13.9. The van der Waals surface area contributed by atoms with E-state index >= 15 is 0 Å². The van der Waals surface area contributed by atoms with Crippen molar-refractivity contribution in [2.45, 2.75) is 33.1 Å². The Labute approximate surface area is 129 Å². The van der Waals surface area contributed by atoms with Crippen LogP contribution in [0.1, 0.15) is 33.1 Å². The van der Waals surface area contributed by atoms with Crippen molar-refractivity contribution in [1.29, 1.82) is 0 Å². The third kappa shape index (κ3) is 5.92. The Hall–Kier alpha value is -1.07. The van der Waals surface area contributed by atoms with Gasteiger partial charge in [-0.25, -0.2) is 0 Å². The highest BCUT2D eigenvalue weighted by Gasteiger charge is 2.18. The van der Waals surface area contributed by atoms with Gasteiger partial charge in [-0.05, 0) is 36.9 Å². The zero-order valence-electron chi connectivity index (χ0n) is 12.3. The van der Waals surface area contributed by atoms with E-state index in [9.17, 15) is 4.79 Å². The summed E-state index contributed by atoms with van der Waals surface area (Å²) < 4.78 is 6.04. The molecule has 0 saturated carbocycles. The monoisotopic (exact) mass is 342 g/mol. The molecule has 0 atom stereocenters. The van der Waals surface area contributed by atoms with Crippen LogP contribution in [-0.2, 0) is 4.79 Å². The highest BCUT2D eigenvalue weighted by Crippen LogP contribution is 2.27. The Morgan fingerprint density at radius 2 is 2.05 bits per heavy atom. The maximum absolute atomic E-state index is 12.0. The van der Waals surface area contributed by atoms with Gasteiger partial charge in [-0.1, -0.05) is 29.8 Å². The van der Waals surface area contributed by atoms with Gasteiger partial charge in [0.05, 0.1) is 7.11 Å². The Kier molecular flexibility index (Phi) is 6.49. The molecule has 0 aliphatic rings. The minimum atomic E-state index is 0.00949. The van der Waals surface area contributed by atoms with E-state index in [0.29, 0.717) is 18.7 Å². The van der Waals surface area contributed by atoms with Gasteiger partial charge in [0, 0.05) is 22.6 Å². The molecule has 0 spiro atoms. The lowest BCUT2D eigenvalue weighted by atomic mass is 9.84. The molecule has 0 fully saturated rings. The number of ether oxygens (including phenoxy) is 1. The van der Waals surface area contributed by atoms with Gasteiger partial charge in [0.2, 0.25) is 5.91 Å². The number of methoxy groups -OCH3 is 1. The van der Waals surface area contributed by atoms with Gasteiger partial charge in [-0.15, -0.1) is 0 Å². The number of rotatable bonds is 7. The molecule has 20 heavy (non-hydrogen) atoms. The van der Waals surface area contributed by atoms with Gasteiger partial charge < -0.3 is 15.8 Å². The van der Waals surface area contributed by atoms with Crippen LogP contribution in [0.2, 0.25) is 0 Å². The van der Waals surface area contributed by atoms with E-state index in [1.807, 2.05) is 12.1 Å². The van der Waals surface area contributed by atoms with Crippen molar-refractivity contribution >= 4 is 27.5 Å². The van der Waals surface area contributed by atoms with E-state index in [1.54, 1.807) is 13.2 Å². The average Bonchev–Trinajstić information content (AvgIpc) is 2.35. The van der Waals surface area contributed by atoms with Gasteiger partial charge in [0.25, 0.3) is 0 Å². The Balaban J connectivity index is 2.56. The summed E-state index contributed by atoms with van der Waals surface area (Å²) in [5.41, 5.74) is 6.41. The second-order valence-corrected chi connectivity index (χ2v) is 6.55. The Morgan fingerprint density at radius 1 is 1.35 bits per heavy atom. The summed E-state index contributed by atoms with van der Waals surface area (Å²) in [5, 5.41) is 2.89. The Morgan fingerprint density at radius 3 is 2.65 bits per heavy atom. The van der Waals surface area contributed by atoms with Gasteiger partial charge in [0.15, 0.2) is 0 Å². The smallest absolute Gasteiger partial charge is 0.224 e. The largest absolute Gasteiger partial charge is 0.497 e. The summed E-state index contributed by atoms with van der Waals surface area (Å²) in [6, 6.07) is 5.50. The maximum Gasteiger partial charge on any atom is 0.224 e. The summed E-state index contributed by atoms with van der Waals surface area (Å²) in [6.45, 7) is 4.92. The lowest BCUT2D eigenvalue weighted by Gasteiger charge is -2.23. The third-order valence-electron chi connectivity index (χ3n) is 3.24. The molecule has 0 aliphatic carbocycles. The number of amides is 1. The lowest BCUT2D eigenvalue weighted by molar-refractivity contribution is -0.116. The fourth-order valence-electron chi connectivity index (χ4n) is 1.94. The number of anilines is 1. The van der Waals surface area contributed by atoms with Crippen molar-refractivity contribution < 1.29 is 9.53 Å². The van der Waals surface area contributed by atoms with Crippen LogP contribution in [0.4, 0.5) is 5.69 Å². The fraction of sp³-hybridized carbons (Fsp3) is 0.533. The molecule has 0 bridgehead atoms. The van der Waals surface area contributed by atoms with E-state index in [4.69, 9.17) is 10.5 Å². The number of halogens is 1. The minimum Gasteiger partial charge on any atom is -0.497 e. The average molecular weight is 343 g/mol. The van der Waals surface area contributed by atoms with Gasteiger partial charge in [-0.3, -0.25) is 4.79 Å². The summed E-state index contributed by atoms with van der Waals surface area (Å²) in [7, 11) is 1.60. The van der Waals surface area contributed by atoms with Crippen LogP contribution in [0, 0.1) is 5.41 Å². The molecular weight excluding hydrogens is 320 g/mol. The van der Waals surface area contributed by atoms with Crippen LogP contribution in [0.5, 0.6) is 5.75 Å². The number of hydrogen-bond acceptors (Lipinski definition) is 3. The van der Waals surface area contributed by atoms with Crippen LogP contribution in [0.3, 0.4) is 0 Å². The van der Waals surface area contributed by atoms with E-state index in [-0.39, 0.29) is 11.3 Å². The minimum absolute atomic E-state index is 0.00949. The zero-order chi connectivity index (χ0) is 15.2. The first kappa shape index (κ1) is 17.0. The molecule has 0 aliphatic heterocycles. The number of nitrogens with one attached hydrogen (secondary N) is 1. The predicted molar refractivity (Wildman–Crippen MR) is 86.0 cm³/mol. The molecule has 5 heteroatoms. The molecule has 4 nitrogen and oxygen atoms in total. The predicted octanol–water partition coefficient (Wildman–Crippen LogP) is 3.55. The molecular formula is C15H23BrN2O2. The molecule has 0 saturated heterocycles. The number of nitrogens with two attached hydrogens (primary N) is 1. The second-order valence-electron chi connectivity index (χ2n) is 5.63. The van der Waals surface area contributed by atoms with Crippen LogP contribution >= 0.6 is 15.9 Å². The van der Waals surface area contributed by atoms with Crippen molar-refractivity contribution in [1.82, 2.24) is 0 Å². The second kappa shape index (κ2) is 7.64.